The molecule has 1 aliphatic rings. The van der Waals surface area contributed by atoms with Crippen LogP contribution < -0.4 is 0 Å². The monoisotopic (exact) mass is 281 g/mol. The van der Waals surface area contributed by atoms with E-state index in [-0.39, 0.29) is 11.9 Å². The summed E-state index contributed by atoms with van der Waals surface area (Å²) >= 11 is 0. The zero-order valence-corrected chi connectivity index (χ0v) is 12.4. The summed E-state index contributed by atoms with van der Waals surface area (Å²) in [5.74, 6) is 0.0680. The minimum atomic E-state index is -0.694. The molecule has 1 saturated heterocycles. The van der Waals surface area contributed by atoms with Gasteiger partial charge in [-0.1, -0.05) is 0 Å². The van der Waals surface area contributed by atoms with Crippen LogP contribution in [0.4, 0.5) is 0 Å². The largest absolute Gasteiger partial charge is 0.389 e. The molecule has 1 aliphatic heterocycles. The molecule has 0 aliphatic carbocycles. The van der Waals surface area contributed by atoms with Crippen molar-refractivity contribution in [2.75, 3.05) is 32.7 Å². The molecule has 1 amide bonds. The molecule has 0 radical (unpaired) electrons. The Balaban J connectivity index is 1.86. The van der Waals surface area contributed by atoms with Gasteiger partial charge in [0.25, 0.3) is 0 Å². The molecular weight excluding hydrogens is 258 g/mol. The maximum absolute atomic E-state index is 12.4. The highest BCUT2D eigenvalue weighted by molar-refractivity contribution is 5.80. The molecule has 0 spiro atoms. The van der Waals surface area contributed by atoms with Gasteiger partial charge in [-0.25, -0.2) is 9.67 Å². The van der Waals surface area contributed by atoms with E-state index in [0.29, 0.717) is 19.6 Å². The van der Waals surface area contributed by atoms with Gasteiger partial charge in [0.15, 0.2) is 0 Å². The normalized spacial score (nSPS) is 19.1. The van der Waals surface area contributed by atoms with Crippen LogP contribution in [0.2, 0.25) is 0 Å². The summed E-state index contributed by atoms with van der Waals surface area (Å²) in [6.07, 6.45) is 3.00. The Bertz CT molecular complexity index is 432. The molecule has 1 N–H and O–H groups in total. The fraction of sp³-hybridized carbons (Fsp3) is 0.769. The maximum Gasteiger partial charge on any atom is 0.247 e. The van der Waals surface area contributed by atoms with E-state index in [1.54, 1.807) is 24.9 Å². The number of hydrogen-bond donors (Lipinski definition) is 1. The van der Waals surface area contributed by atoms with Crippen LogP contribution in [0.25, 0.3) is 0 Å². The lowest BCUT2D eigenvalue weighted by Gasteiger charge is -2.38. The highest BCUT2D eigenvalue weighted by atomic mass is 16.3. The van der Waals surface area contributed by atoms with Gasteiger partial charge in [0, 0.05) is 32.7 Å². The van der Waals surface area contributed by atoms with Crippen molar-refractivity contribution >= 4 is 5.91 Å². The van der Waals surface area contributed by atoms with E-state index in [4.69, 9.17) is 0 Å². The number of amides is 1. The Labute approximate surface area is 119 Å². The van der Waals surface area contributed by atoms with E-state index >= 15 is 0 Å². The first-order chi connectivity index (χ1) is 9.37. The first kappa shape index (κ1) is 14.9. The van der Waals surface area contributed by atoms with Gasteiger partial charge in [-0.2, -0.15) is 5.10 Å². The van der Waals surface area contributed by atoms with Crippen molar-refractivity contribution in [1.82, 2.24) is 24.6 Å². The molecule has 7 heteroatoms. The predicted molar refractivity (Wildman–Crippen MR) is 74.1 cm³/mol. The molecule has 20 heavy (non-hydrogen) atoms. The number of piperazine rings is 1. The number of aromatic nitrogens is 3. The molecule has 112 valence electrons. The van der Waals surface area contributed by atoms with Crippen LogP contribution in [0, 0.1) is 0 Å². The molecule has 1 unspecified atom stereocenters. The molecule has 0 bridgehead atoms. The second-order valence-corrected chi connectivity index (χ2v) is 5.97. The maximum atomic E-state index is 12.4. The van der Waals surface area contributed by atoms with Gasteiger partial charge in [0.05, 0.1) is 5.60 Å². The van der Waals surface area contributed by atoms with Crippen LogP contribution in [0.3, 0.4) is 0 Å². The van der Waals surface area contributed by atoms with Crippen LogP contribution >= 0.6 is 0 Å². The molecule has 2 heterocycles. The van der Waals surface area contributed by atoms with Crippen molar-refractivity contribution in [1.29, 1.82) is 0 Å². The van der Waals surface area contributed by atoms with Crippen molar-refractivity contribution < 1.29 is 9.90 Å². The highest BCUT2D eigenvalue weighted by Crippen LogP contribution is 2.13. The standard InChI is InChI=1S/C13H23N5O2/c1-11(18-10-14-9-15-18)12(19)17-6-4-16(5-7-17)8-13(2,3)20/h9-11,20H,4-8H2,1-3H3. The molecule has 0 saturated carbocycles. The van der Waals surface area contributed by atoms with E-state index in [0.717, 1.165) is 13.1 Å². The number of β-amino-alcohol motifs (C(OH)–C–C–N with tert-alkyl or cyclic N) is 1. The van der Waals surface area contributed by atoms with Gasteiger partial charge in [-0.05, 0) is 20.8 Å². The Morgan fingerprint density at radius 3 is 2.50 bits per heavy atom. The smallest absolute Gasteiger partial charge is 0.247 e. The first-order valence-corrected chi connectivity index (χ1v) is 6.94. The Morgan fingerprint density at radius 2 is 2.00 bits per heavy atom. The van der Waals surface area contributed by atoms with Gasteiger partial charge in [-0.3, -0.25) is 9.69 Å². The Kier molecular flexibility index (Phi) is 4.39. The van der Waals surface area contributed by atoms with Crippen molar-refractivity contribution in [3.63, 3.8) is 0 Å². The predicted octanol–water partition coefficient (Wildman–Crippen LogP) is -0.246. The van der Waals surface area contributed by atoms with E-state index in [2.05, 4.69) is 15.0 Å². The average Bonchev–Trinajstić information content (AvgIpc) is 2.90. The second-order valence-electron chi connectivity index (χ2n) is 5.97. The minimum absolute atomic E-state index is 0.0680. The van der Waals surface area contributed by atoms with Gasteiger partial charge in [-0.15, -0.1) is 0 Å². The van der Waals surface area contributed by atoms with Crippen LogP contribution in [0.1, 0.15) is 26.8 Å². The van der Waals surface area contributed by atoms with Gasteiger partial charge < -0.3 is 10.0 Å². The zero-order chi connectivity index (χ0) is 14.8. The van der Waals surface area contributed by atoms with Crippen molar-refractivity contribution in [2.45, 2.75) is 32.4 Å². The quantitative estimate of drug-likeness (QED) is 0.824. The van der Waals surface area contributed by atoms with Crippen molar-refractivity contribution in [3.05, 3.63) is 12.7 Å². The van der Waals surface area contributed by atoms with Crippen molar-refractivity contribution in [3.8, 4) is 0 Å². The lowest BCUT2D eigenvalue weighted by molar-refractivity contribution is -0.136. The third-order valence-electron chi connectivity index (χ3n) is 3.49. The van der Waals surface area contributed by atoms with Crippen molar-refractivity contribution in [2.24, 2.45) is 0 Å². The molecule has 0 aromatic carbocycles. The lowest BCUT2D eigenvalue weighted by atomic mass is 10.1. The summed E-state index contributed by atoms with van der Waals surface area (Å²) in [5, 5.41) is 13.8. The Morgan fingerprint density at radius 1 is 1.35 bits per heavy atom. The molecule has 7 nitrogen and oxygen atoms in total. The fourth-order valence-electron chi connectivity index (χ4n) is 2.47. The SMILES string of the molecule is CC(C(=O)N1CCN(CC(C)(C)O)CC1)n1cncn1. The number of nitrogens with zero attached hydrogens (tertiary/aromatic N) is 5. The summed E-state index contributed by atoms with van der Waals surface area (Å²) < 4.78 is 1.57. The molecule has 1 aromatic rings. The third-order valence-corrected chi connectivity index (χ3v) is 3.49. The lowest BCUT2D eigenvalue weighted by Crippen LogP contribution is -2.53. The van der Waals surface area contributed by atoms with Crippen LogP contribution in [-0.4, -0.2) is 73.9 Å². The summed E-state index contributed by atoms with van der Waals surface area (Å²) in [6, 6.07) is -0.321. The highest BCUT2D eigenvalue weighted by Gasteiger charge is 2.28. The van der Waals surface area contributed by atoms with E-state index in [1.165, 1.54) is 6.33 Å². The van der Waals surface area contributed by atoms with Crippen LogP contribution in [0.5, 0.6) is 0 Å². The van der Waals surface area contributed by atoms with E-state index in [9.17, 15) is 9.90 Å². The summed E-state index contributed by atoms with van der Waals surface area (Å²) in [6.45, 7) is 9.03. The van der Waals surface area contributed by atoms with Crippen LogP contribution in [0.15, 0.2) is 12.7 Å². The molecule has 1 aromatic heterocycles. The molecule has 2 rings (SSSR count). The molecular formula is C13H23N5O2. The van der Waals surface area contributed by atoms with E-state index < -0.39 is 5.60 Å². The number of carbonyl (C=O) groups is 1. The minimum Gasteiger partial charge on any atom is -0.389 e. The fourth-order valence-corrected chi connectivity index (χ4v) is 2.47. The van der Waals surface area contributed by atoms with Crippen LogP contribution in [-0.2, 0) is 4.79 Å². The summed E-state index contributed by atoms with van der Waals surface area (Å²) in [5.41, 5.74) is -0.694. The van der Waals surface area contributed by atoms with E-state index in [1.807, 2.05) is 11.8 Å². The number of hydrogen-bond acceptors (Lipinski definition) is 5. The summed E-state index contributed by atoms with van der Waals surface area (Å²) in [4.78, 5) is 20.3. The average molecular weight is 281 g/mol. The topological polar surface area (TPSA) is 74.5 Å². The molecule has 1 atom stereocenters. The summed E-state index contributed by atoms with van der Waals surface area (Å²) in [7, 11) is 0. The Hall–Kier alpha value is -1.47. The van der Waals surface area contributed by atoms with Gasteiger partial charge >= 0.3 is 0 Å². The molecule has 1 fully saturated rings. The number of rotatable bonds is 4. The third kappa shape index (κ3) is 3.77. The van der Waals surface area contributed by atoms with Gasteiger partial charge in [0.1, 0.15) is 18.7 Å². The zero-order valence-electron chi connectivity index (χ0n) is 12.4. The first-order valence-electron chi connectivity index (χ1n) is 6.94. The van der Waals surface area contributed by atoms with Gasteiger partial charge in [0.2, 0.25) is 5.91 Å². The number of carbonyl (C=O) groups excluding carboxylic acids is 1. The second kappa shape index (κ2) is 5.88. The number of aliphatic hydroxyl groups is 1.